The molecule has 3 unspecified atom stereocenters. The highest BCUT2D eigenvalue weighted by Gasteiger charge is 2.41. The summed E-state index contributed by atoms with van der Waals surface area (Å²) in [7, 11) is 0. The fourth-order valence-corrected chi connectivity index (χ4v) is 4.67. The average molecular weight is 374 g/mol. The summed E-state index contributed by atoms with van der Waals surface area (Å²) in [5.74, 6) is 0.422. The van der Waals surface area contributed by atoms with Crippen LogP contribution < -0.4 is 10.6 Å². The van der Waals surface area contributed by atoms with Crippen molar-refractivity contribution in [2.75, 3.05) is 0 Å². The minimum atomic E-state index is -0.0582. The molecular weight excluding hydrogens is 352 g/mol. The molecule has 2 amide bonds. The van der Waals surface area contributed by atoms with E-state index in [1.54, 1.807) is 12.4 Å². The standard InChI is InChI=1S/C21H22N6O/c28-21-24-15-9-7-13-14(8-10-16(15)25-21)20(18-6-2-4-12-23-18)27-26-19(13)17-5-1-3-11-22-17/h1-6,11-16H,7-10H2,(H2,24,25,28)/t13?,14?,15-,16?/m1/s1. The van der Waals surface area contributed by atoms with Crippen molar-refractivity contribution in [3.63, 3.8) is 0 Å². The third-order valence-electron chi connectivity index (χ3n) is 6.00. The van der Waals surface area contributed by atoms with Gasteiger partial charge >= 0.3 is 6.03 Å². The first-order valence-electron chi connectivity index (χ1n) is 9.85. The zero-order valence-corrected chi connectivity index (χ0v) is 15.5. The van der Waals surface area contributed by atoms with Crippen LogP contribution in [-0.4, -0.2) is 39.5 Å². The van der Waals surface area contributed by atoms with Gasteiger partial charge in [-0.25, -0.2) is 4.79 Å². The summed E-state index contributed by atoms with van der Waals surface area (Å²) in [5.41, 5.74) is 3.65. The number of nitrogens with zero attached hydrogens (tertiary/aromatic N) is 4. The molecule has 2 aromatic heterocycles. The number of aromatic nitrogens is 2. The van der Waals surface area contributed by atoms with Crippen LogP contribution >= 0.6 is 0 Å². The second kappa shape index (κ2) is 7.14. The SMILES string of the molecule is O=C1NC2CCC3C(c4ccccn4)=NN=C(c4ccccn4)C3CC[C@H]2N1. The van der Waals surface area contributed by atoms with Crippen molar-refractivity contribution in [2.24, 2.45) is 22.0 Å². The van der Waals surface area contributed by atoms with E-state index in [0.717, 1.165) is 48.5 Å². The van der Waals surface area contributed by atoms with E-state index in [0.29, 0.717) is 0 Å². The Kier molecular flexibility index (Phi) is 4.35. The van der Waals surface area contributed by atoms with Gasteiger partial charge in [-0.1, -0.05) is 12.1 Å². The topological polar surface area (TPSA) is 91.6 Å². The van der Waals surface area contributed by atoms with Gasteiger partial charge in [-0.3, -0.25) is 9.97 Å². The van der Waals surface area contributed by atoms with Crippen molar-refractivity contribution in [3.8, 4) is 0 Å². The summed E-state index contributed by atoms with van der Waals surface area (Å²) in [6.07, 6.45) is 7.26. The van der Waals surface area contributed by atoms with Gasteiger partial charge in [0.15, 0.2) is 0 Å². The number of urea groups is 1. The molecule has 2 N–H and O–H groups in total. The van der Waals surface area contributed by atoms with Crippen LogP contribution in [0.4, 0.5) is 4.79 Å². The normalized spacial score (nSPS) is 29.2. The predicted molar refractivity (Wildman–Crippen MR) is 106 cm³/mol. The minimum Gasteiger partial charge on any atom is -0.333 e. The van der Waals surface area contributed by atoms with Crippen molar-refractivity contribution in [1.29, 1.82) is 0 Å². The van der Waals surface area contributed by atoms with Gasteiger partial charge < -0.3 is 10.6 Å². The van der Waals surface area contributed by atoms with Gasteiger partial charge in [0.25, 0.3) is 0 Å². The Hall–Kier alpha value is -3.09. The fourth-order valence-electron chi connectivity index (χ4n) is 4.67. The minimum absolute atomic E-state index is 0.0582. The molecule has 3 aliphatic rings. The summed E-state index contributed by atoms with van der Waals surface area (Å²) in [5, 5.41) is 15.4. The van der Waals surface area contributed by atoms with Crippen LogP contribution in [0.1, 0.15) is 37.1 Å². The zero-order chi connectivity index (χ0) is 18.9. The molecule has 0 aromatic carbocycles. The third kappa shape index (κ3) is 3.06. The number of rotatable bonds is 2. The van der Waals surface area contributed by atoms with Crippen molar-refractivity contribution in [3.05, 3.63) is 60.2 Å². The molecule has 2 fully saturated rings. The van der Waals surface area contributed by atoms with Crippen LogP contribution in [0.15, 0.2) is 59.0 Å². The molecule has 4 atom stereocenters. The lowest BCUT2D eigenvalue weighted by atomic mass is 9.73. The molecular formula is C21H22N6O. The molecule has 142 valence electrons. The van der Waals surface area contributed by atoms with Crippen LogP contribution in [0.3, 0.4) is 0 Å². The van der Waals surface area contributed by atoms with Crippen molar-refractivity contribution in [2.45, 2.75) is 37.8 Å². The molecule has 1 aliphatic carbocycles. The Labute approximate surface area is 163 Å². The number of pyridine rings is 2. The summed E-state index contributed by atoms with van der Waals surface area (Å²) < 4.78 is 0. The first kappa shape index (κ1) is 17.0. The first-order valence-corrected chi connectivity index (χ1v) is 9.85. The van der Waals surface area contributed by atoms with E-state index >= 15 is 0 Å². The number of amides is 2. The summed E-state index contributed by atoms with van der Waals surface area (Å²) in [4.78, 5) is 20.9. The summed E-state index contributed by atoms with van der Waals surface area (Å²) >= 11 is 0. The van der Waals surface area contributed by atoms with E-state index < -0.39 is 0 Å². The van der Waals surface area contributed by atoms with Gasteiger partial charge in [-0.2, -0.15) is 10.2 Å². The number of carbonyl (C=O) groups excluding carboxylic acids is 1. The van der Waals surface area contributed by atoms with E-state index in [-0.39, 0.29) is 30.0 Å². The third-order valence-corrected chi connectivity index (χ3v) is 6.00. The monoisotopic (exact) mass is 374 g/mol. The van der Waals surface area contributed by atoms with Gasteiger partial charge in [0, 0.05) is 24.2 Å². The quantitative estimate of drug-likeness (QED) is 0.846. The van der Waals surface area contributed by atoms with Crippen molar-refractivity contribution >= 4 is 17.5 Å². The molecule has 0 bridgehead atoms. The second-order valence-electron chi connectivity index (χ2n) is 7.60. The molecule has 1 saturated heterocycles. The van der Waals surface area contributed by atoms with Gasteiger partial charge in [-0.15, -0.1) is 0 Å². The van der Waals surface area contributed by atoms with Crippen LogP contribution in [0.25, 0.3) is 0 Å². The molecule has 7 nitrogen and oxygen atoms in total. The maximum atomic E-state index is 11.8. The molecule has 7 heteroatoms. The molecule has 28 heavy (non-hydrogen) atoms. The highest BCUT2D eigenvalue weighted by Crippen LogP contribution is 2.36. The number of nitrogens with one attached hydrogen (secondary N) is 2. The molecule has 0 radical (unpaired) electrons. The lowest BCUT2D eigenvalue weighted by molar-refractivity contribution is 0.246. The summed E-state index contributed by atoms with van der Waals surface area (Å²) in [6, 6.07) is 12.1. The number of fused-ring (bicyclic) bond motifs is 2. The van der Waals surface area contributed by atoms with Crippen LogP contribution in [0.5, 0.6) is 0 Å². The maximum absolute atomic E-state index is 11.8. The van der Waals surface area contributed by atoms with Crippen LogP contribution in [0, 0.1) is 11.8 Å². The second-order valence-corrected chi connectivity index (χ2v) is 7.60. The molecule has 2 aliphatic heterocycles. The van der Waals surface area contributed by atoms with E-state index in [4.69, 9.17) is 0 Å². The fraction of sp³-hybridized carbons (Fsp3) is 0.381. The molecule has 5 rings (SSSR count). The molecule has 1 saturated carbocycles. The van der Waals surface area contributed by atoms with E-state index in [2.05, 4.69) is 30.8 Å². The van der Waals surface area contributed by atoms with Gasteiger partial charge in [0.1, 0.15) is 0 Å². The Morgan fingerprint density at radius 2 is 1.21 bits per heavy atom. The predicted octanol–water partition coefficient (Wildman–Crippen LogP) is 2.54. The van der Waals surface area contributed by atoms with E-state index in [9.17, 15) is 4.79 Å². The number of carbonyl (C=O) groups is 1. The number of hydrogen-bond donors (Lipinski definition) is 2. The van der Waals surface area contributed by atoms with Crippen LogP contribution in [-0.2, 0) is 0 Å². The van der Waals surface area contributed by atoms with E-state index in [1.165, 1.54) is 0 Å². The Bertz CT molecular complexity index is 851. The van der Waals surface area contributed by atoms with Gasteiger partial charge in [0.2, 0.25) is 0 Å². The first-order chi connectivity index (χ1) is 13.8. The van der Waals surface area contributed by atoms with Gasteiger partial charge in [-0.05, 0) is 49.9 Å². The largest absolute Gasteiger partial charge is 0.333 e. The lowest BCUT2D eigenvalue weighted by Gasteiger charge is -2.35. The highest BCUT2D eigenvalue weighted by molar-refractivity contribution is 6.10. The van der Waals surface area contributed by atoms with Crippen molar-refractivity contribution in [1.82, 2.24) is 20.6 Å². The number of hydrogen-bond acceptors (Lipinski definition) is 5. The lowest BCUT2D eigenvalue weighted by Crippen LogP contribution is -2.42. The zero-order valence-electron chi connectivity index (χ0n) is 15.5. The Balaban J connectivity index is 1.54. The van der Waals surface area contributed by atoms with E-state index in [1.807, 2.05) is 36.4 Å². The molecule has 4 heterocycles. The molecule has 2 aromatic rings. The Morgan fingerprint density at radius 3 is 1.64 bits per heavy atom. The smallest absolute Gasteiger partial charge is 0.315 e. The van der Waals surface area contributed by atoms with Gasteiger partial charge in [0.05, 0.1) is 34.9 Å². The average Bonchev–Trinajstić information content (AvgIpc) is 3.08. The summed E-state index contributed by atoms with van der Waals surface area (Å²) in [6.45, 7) is 0. The highest BCUT2D eigenvalue weighted by atomic mass is 16.2. The van der Waals surface area contributed by atoms with Crippen molar-refractivity contribution < 1.29 is 4.79 Å². The maximum Gasteiger partial charge on any atom is 0.315 e. The molecule has 0 spiro atoms. The van der Waals surface area contributed by atoms with Crippen LogP contribution in [0.2, 0.25) is 0 Å². The Morgan fingerprint density at radius 1 is 0.714 bits per heavy atom.